The van der Waals surface area contributed by atoms with Gasteiger partial charge in [-0.25, -0.2) is 17.8 Å². The van der Waals surface area contributed by atoms with Crippen LogP contribution in [0.25, 0.3) is 56.1 Å². The first-order valence-corrected chi connectivity index (χ1v) is 15.6. The molecular weight excluding hydrogens is 628 g/mol. The maximum Gasteiger partial charge on any atom is 0.390 e. The molecule has 46 heavy (non-hydrogen) atoms. The van der Waals surface area contributed by atoms with E-state index in [1.165, 1.54) is 43.4 Å². The number of sulfonamides is 1. The van der Waals surface area contributed by atoms with Crippen molar-refractivity contribution >= 4 is 43.8 Å². The zero-order valence-corrected chi connectivity index (χ0v) is 25.0. The zero-order valence-electron chi connectivity index (χ0n) is 24.2. The van der Waals surface area contributed by atoms with Crippen LogP contribution in [0.15, 0.2) is 87.8 Å². The van der Waals surface area contributed by atoms with Gasteiger partial charge in [-0.3, -0.25) is 9.10 Å². The van der Waals surface area contributed by atoms with Crippen molar-refractivity contribution in [3.63, 3.8) is 0 Å². The summed E-state index contributed by atoms with van der Waals surface area (Å²) in [5.74, 6) is -0.801. The zero-order chi connectivity index (χ0) is 32.8. The van der Waals surface area contributed by atoms with Crippen LogP contribution in [0, 0.1) is 5.82 Å². The highest BCUT2D eigenvalue weighted by molar-refractivity contribution is 7.92. The van der Waals surface area contributed by atoms with E-state index in [0.717, 1.165) is 6.26 Å². The molecule has 0 spiro atoms. The monoisotopic (exact) mass is 652 g/mol. The van der Waals surface area contributed by atoms with E-state index < -0.39 is 40.9 Å². The highest BCUT2D eigenvalue weighted by atomic mass is 32.2. The van der Waals surface area contributed by atoms with Gasteiger partial charge in [0, 0.05) is 47.9 Å². The number of fused-ring (bicyclic) bond motifs is 2. The lowest BCUT2D eigenvalue weighted by Gasteiger charge is -2.26. The molecule has 0 fully saturated rings. The van der Waals surface area contributed by atoms with E-state index in [2.05, 4.69) is 15.3 Å². The SMILES string of the molecule is CNC(=O)c1c(-c2ccc(F)cc2)oc2cc(N(CCC(F)(F)F)S(C)(=O)=O)c(-c3cccc(-c4nc5ncccc5o4)c3)cc12. The summed E-state index contributed by atoms with van der Waals surface area (Å²) in [5.41, 5.74) is 2.18. The summed E-state index contributed by atoms with van der Waals surface area (Å²) in [6.45, 7) is -0.912. The number of aromatic nitrogens is 2. The molecule has 6 rings (SSSR count). The molecule has 1 N–H and O–H groups in total. The molecule has 0 saturated heterocycles. The molecule has 0 radical (unpaired) electrons. The Bertz CT molecular complexity index is 2180. The van der Waals surface area contributed by atoms with Crippen LogP contribution in [0.1, 0.15) is 16.8 Å². The number of alkyl halides is 3. The number of carbonyl (C=O) groups excluding carboxylic acids is 1. The van der Waals surface area contributed by atoms with Crippen LogP contribution in [-0.2, 0) is 10.0 Å². The fourth-order valence-corrected chi connectivity index (χ4v) is 6.06. The highest BCUT2D eigenvalue weighted by Crippen LogP contribution is 2.43. The summed E-state index contributed by atoms with van der Waals surface area (Å²) in [6, 6.07) is 18.0. The van der Waals surface area contributed by atoms with Crippen molar-refractivity contribution in [2.24, 2.45) is 0 Å². The van der Waals surface area contributed by atoms with Crippen molar-refractivity contribution in [2.45, 2.75) is 12.6 Å². The molecule has 3 heterocycles. The molecular formula is C32H24F4N4O5S. The van der Waals surface area contributed by atoms with Gasteiger partial charge in [0.25, 0.3) is 5.91 Å². The standard InChI is InChI=1S/C32H24F4N4O5S/c1-37-30(41)27-23-16-22(19-5-3-6-20(15-19)31-39-29-25(45-31)7-4-13-38-29)24(40(46(2,42)43)14-12-32(34,35)36)17-26(23)44-28(27)18-8-10-21(33)11-9-18/h3-11,13,15-17H,12,14H2,1-2H3,(H,37,41). The number of pyridine rings is 1. The second kappa shape index (κ2) is 11.6. The normalized spacial score (nSPS) is 12.1. The van der Waals surface area contributed by atoms with Crippen molar-refractivity contribution in [1.82, 2.24) is 15.3 Å². The molecule has 14 heteroatoms. The van der Waals surface area contributed by atoms with E-state index in [1.54, 1.807) is 42.6 Å². The first-order valence-electron chi connectivity index (χ1n) is 13.8. The summed E-state index contributed by atoms with van der Waals surface area (Å²) in [4.78, 5) is 21.8. The summed E-state index contributed by atoms with van der Waals surface area (Å²) in [5, 5.41) is 2.80. The number of nitrogens with one attached hydrogen (secondary N) is 1. The van der Waals surface area contributed by atoms with E-state index in [1.807, 2.05) is 0 Å². The number of rotatable bonds is 8. The third-order valence-electron chi connectivity index (χ3n) is 7.22. The van der Waals surface area contributed by atoms with Gasteiger partial charge >= 0.3 is 6.18 Å². The number of oxazole rings is 1. The summed E-state index contributed by atoms with van der Waals surface area (Å²) >= 11 is 0. The second-order valence-corrected chi connectivity index (χ2v) is 12.3. The Morgan fingerprint density at radius 2 is 1.67 bits per heavy atom. The van der Waals surface area contributed by atoms with Crippen molar-refractivity contribution in [3.8, 4) is 33.9 Å². The second-order valence-electron chi connectivity index (χ2n) is 10.4. The lowest BCUT2D eigenvalue weighted by Crippen LogP contribution is -2.33. The van der Waals surface area contributed by atoms with Gasteiger partial charge in [-0.15, -0.1) is 0 Å². The van der Waals surface area contributed by atoms with Gasteiger partial charge < -0.3 is 14.2 Å². The molecule has 3 aromatic carbocycles. The summed E-state index contributed by atoms with van der Waals surface area (Å²) in [6.07, 6.45) is -3.71. The Balaban J connectivity index is 1.62. The number of furan rings is 1. The first-order chi connectivity index (χ1) is 21.8. The van der Waals surface area contributed by atoms with Gasteiger partial charge in [0.05, 0.1) is 23.9 Å². The number of nitrogens with zero attached hydrogens (tertiary/aromatic N) is 3. The number of hydrogen-bond acceptors (Lipinski definition) is 7. The van der Waals surface area contributed by atoms with Crippen molar-refractivity contribution in [3.05, 3.63) is 90.4 Å². The van der Waals surface area contributed by atoms with E-state index in [0.29, 0.717) is 32.2 Å². The summed E-state index contributed by atoms with van der Waals surface area (Å²) in [7, 11) is -2.86. The van der Waals surface area contributed by atoms with Gasteiger partial charge in [0.15, 0.2) is 11.2 Å². The minimum atomic E-state index is -4.65. The number of benzene rings is 3. The molecule has 0 saturated carbocycles. The fourth-order valence-electron chi connectivity index (χ4n) is 5.13. The molecule has 0 unspecified atom stereocenters. The Morgan fingerprint density at radius 1 is 0.935 bits per heavy atom. The van der Waals surface area contributed by atoms with Crippen LogP contribution in [0.5, 0.6) is 0 Å². The molecule has 1 amide bonds. The van der Waals surface area contributed by atoms with E-state index in [-0.39, 0.29) is 39.4 Å². The lowest BCUT2D eigenvalue weighted by atomic mass is 9.97. The predicted molar refractivity (Wildman–Crippen MR) is 164 cm³/mol. The van der Waals surface area contributed by atoms with Crippen LogP contribution in [0.3, 0.4) is 0 Å². The average Bonchev–Trinajstić information content (AvgIpc) is 3.61. The number of halogens is 4. The number of amides is 1. The maximum atomic E-state index is 13.7. The smallest absolute Gasteiger partial charge is 0.390 e. The van der Waals surface area contributed by atoms with Crippen LogP contribution < -0.4 is 9.62 Å². The van der Waals surface area contributed by atoms with Crippen molar-refractivity contribution < 1.29 is 39.6 Å². The molecule has 0 aliphatic heterocycles. The molecule has 9 nitrogen and oxygen atoms in total. The number of anilines is 1. The summed E-state index contributed by atoms with van der Waals surface area (Å²) < 4.78 is 92.5. The Morgan fingerprint density at radius 3 is 2.35 bits per heavy atom. The average molecular weight is 653 g/mol. The van der Waals surface area contributed by atoms with Crippen LogP contribution in [0.2, 0.25) is 0 Å². The van der Waals surface area contributed by atoms with Crippen molar-refractivity contribution in [2.75, 3.05) is 24.2 Å². The van der Waals surface area contributed by atoms with Crippen LogP contribution in [-0.4, -0.2) is 50.3 Å². The van der Waals surface area contributed by atoms with Gasteiger partial charge in [-0.1, -0.05) is 12.1 Å². The van der Waals surface area contributed by atoms with Gasteiger partial charge in [0.2, 0.25) is 15.9 Å². The molecule has 0 aliphatic carbocycles. The molecule has 0 aliphatic rings. The van der Waals surface area contributed by atoms with Crippen molar-refractivity contribution in [1.29, 1.82) is 0 Å². The fraction of sp³-hybridized carbons (Fsp3) is 0.156. The Labute approximate surface area is 259 Å². The van der Waals surface area contributed by atoms with E-state index in [4.69, 9.17) is 8.83 Å². The highest BCUT2D eigenvalue weighted by Gasteiger charge is 2.32. The topological polar surface area (TPSA) is 119 Å². The van der Waals surface area contributed by atoms with Gasteiger partial charge in [-0.2, -0.15) is 18.2 Å². The van der Waals surface area contributed by atoms with E-state index in [9.17, 15) is 30.8 Å². The number of hydrogen-bond donors (Lipinski definition) is 1. The van der Waals surface area contributed by atoms with E-state index >= 15 is 0 Å². The lowest BCUT2D eigenvalue weighted by molar-refractivity contribution is -0.131. The third-order valence-corrected chi connectivity index (χ3v) is 8.40. The van der Waals surface area contributed by atoms with Gasteiger partial charge in [0.1, 0.15) is 17.2 Å². The van der Waals surface area contributed by atoms with Crippen LogP contribution >= 0.6 is 0 Å². The minimum Gasteiger partial charge on any atom is -0.455 e. The van der Waals surface area contributed by atoms with Crippen LogP contribution in [0.4, 0.5) is 23.2 Å². The molecule has 0 atom stereocenters. The minimum absolute atomic E-state index is 0.0264. The molecule has 0 bridgehead atoms. The Kier molecular flexibility index (Phi) is 7.76. The first kappa shape index (κ1) is 30.8. The molecule has 3 aromatic heterocycles. The van der Waals surface area contributed by atoms with Gasteiger partial charge in [-0.05, 0) is 60.2 Å². The molecule has 6 aromatic rings. The maximum absolute atomic E-state index is 13.7. The Hall–Kier alpha value is -5.24. The third kappa shape index (κ3) is 6.03. The largest absolute Gasteiger partial charge is 0.455 e. The number of carbonyl (C=O) groups is 1. The predicted octanol–water partition coefficient (Wildman–Crippen LogP) is 7.19. The molecule has 236 valence electrons. The quantitative estimate of drug-likeness (QED) is 0.173.